The van der Waals surface area contributed by atoms with Gasteiger partial charge in [0.05, 0.1) is 31.9 Å². The number of likely N-dealkylation sites (tertiary alicyclic amines) is 1. The molecular weight excluding hydrogens is 318 g/mol. The number of amides is 1. The highest BCUT2D eigenvalue weighted by Crippen LogP contribution is 2.21. The monoisotopic (exact) mass is 343 g/mol. The first-order valence-electron chi connectivity index (χ1n) is 8.68. The van der Waals surface area contributed by atoms with E-state index in [1.807, 2.05) is 42.2 Å². The van der Waals surface area contributed by atoms with Gasteiger partial charge in [0, 0.05) is 24.3 Å². The number of piperidine rings is 1. The number of ether oxygens (including phenoxy) is 2. The normalized spacial score (nSPS) is 15.4. The smallest absolute Gasteiger partial charge is 0.228 e. The van der Waals surface area contributed by atoms with Crippen LogP contribution in [0.25, 0.3) is 0 Å². The first-order chi connectivity index (χ1) is 12.2. The van der Waals surface area contributed by atoms with Gasteiger partial charge in [-0.05, 0) is 31.9 Å². The summed E-state index contributed by atoms with van der Waals surface area (Å²) in [4.78, 5) is 14.3. The van der Waals surface area contributed by atoms with Crippen LogP contribution in [0.15, 0.2) is 30.3 Å². The van der Waals surface area contributed by atoms with Gasteiger partial charge in [-0.15, -0.1) is 0 Å². The number of para-hydroxylation sites is 1. The maximum absolute atomic E-state index is 12.4. The van der Waals surface area contributed by atoms with Gasteiger partial charge in [0.25, 0.3) is 0 Å². The lowest BCUT2D eigenvalue weighted by Gasteiger charge is -2.32. The third kappa shape index (κ3) is 4.60. The average Bonchev–Trinajstić information content (AvgIpc) is 3.05. The van der Waals surface area contributed by atoms with Gasteiger partial charge >= 0.3 is 0 Å². The molecule has 0 saturated carbocycles. The van der Waals surface area contributed by atoms with Crippen molar-refractivity contribution in [3.05, 3.63) is 47.3 Å². The van der Waals surface area contributed by atoms with Crippen LogP contribution < -0.4 is 4.74 Å². The zero-order chi connectivity index (χ0) is 17.6. The maximum Gasteiger partial charge on any atom is 0.228 e. The third-order valence-electron chi connectivity index (χ3n) is 4.55. The fourth-order valence-electron chi connectivity index (χ4n) is 3.13. The summed E-state index contributed by atoms with van der Waals surface area (Å²) in [5.41, 5.74) is 2.83. The highest BCUT2D eigenvalue weighted by atomic mass is 16.5. The summed E-state index contributed by atoms with van der Waals surface area (Å²) in [5, 5.41) is 7.01. The van der Waals surface area contributed by atoms with Gasteiger partial charge < -0.3 is 14.4 Å². The van der Waals surface area contributed by atoms with E-state index in [1.54, 1.807) is 7.11 Å². The van der Waals surface area contributed by atoms with E-state index in [2.05, 4.69) is 10.2 Å². The van der Waals surface area contributed by atoms with E-state index < -0.39 is 0 Å². The van der Waals surface area contributed by atoms with Crippen molar-refractivity contribution in [2.24, 2.45) is 0 Å². The van der Waals surface area contributed by atoms with Crippen molar-refractivity contribution in [2.75, 3.05) is 20.2 Å². The van der Waals surface area contributed by atoms with Crippen LogP contribution in [0.4, 0.5) is 0 Å². The molecular formula is C19H25N3O3. The molecule has 2 aromatic rings. The van der Waals surface area contributed by atoms with Crippen molar-refractivity contribution in [3.8, 4) is 5.75 Å². The molecule has 0 bridgehead atoms. The Balaban J connectivity index is 1.44. The highest BCUT2D eigenvalue weighted by molar-refractivity contribution is 5.78. The number of nitrogens with zero attached hydrogens (tertiary/aromatic N) is 2. The molecule has 1 amide bonds. The minimum absolute atomic E-state index is 0.134. The molecule has 25 heavy (non-hydrogen) atoms. The molecule has 6 heteroatoms. The number of hydrogen-bond donors (Lipinski definition) is 1. The van der Waals surface area contributed by atoms with Gasteiger partial charge in [-0.25, -0.2) is 0 Å². The van der Waals surface area contributed by atoms with Crippen molar-refractivity contribution in [3.63, 3.8) is 0 Å². The van der Waals surface area contributed by atoms with E-state index in [-0.39, 0.29) is 12.0 Å². The number of aromatic nitrogens is 2. The Morgan fingerprint density at radius 1 is 1.32 bits per heavy atom. The highest BCUT2D eigenvalue weighted by Gasteiger charge is 2.24. The fraction of sp³-hybridized carbons (Fsp3) is 0.474. The Morgan fingerprint density at radius 3 is 2.76 bits per heavy atom. The Labute approximate surface area is 148 Å². The molecule has 6 nitrogen and oxygen atoms in total. The topological polar surface area (TPSA) is 67.5 Å². The molecule has 1 fully saturated rings. The van der Waals surface area contributed by atoms with Gasteiger partial charge in [-0.3, -0.25) is 9.89 Å². The number of H-pyrrole nitrogens is 1. The zero-order valence-corrected chi connectivity index (χ0v) is 14.8. The Kier molecular flexibility index (Phi) is 5.71. The molecule has 1 aliphatic rings. The molecule has 0 spiro atoms. The second-order valence-electron chi connectivity index (χ2n) is 6.42. The minimum Gasteiger partial charge on any atom is -0.496 e. The molecule has 1 aromatic carbocycles. The summed E-state index contributed by atoms with van der Waals surface area (Å²) >= 11 is 0. The SMILES string of the molecule is COc1ccccc1COC1CCN(C(=O)Cc2cc(C)[nH]n2)CC1. The lowest BCUT2D eigenvalue weighted by Crippen LogP contribution is -2.41. The Hall–Kier alpha value is -2.34. The van der Waals surface area contributed by atoms with E-state index in [0.717, 1.165) is 48.6 Å². The van der Waals surface area contributed by atoms with Crippen molar-refractivity contribution < 1.29 is 14.3 Å². The molecule has 1 saturated heterocycles. The van der Waals surface area contributed by atoms with Crippen LogP contribution >= 0.6 is 0 Å². The van der Waals surface area contributed by atoms with Gasteiger partial charge in [-0.1, -0.05) is 18.2 Å². The zero-order valence-electron chi connectivity index (χ0n) is 14.8. The van der Waals surface area contributed by atoms with Crippen LogP contribution in [-0.2, 0) is 22.6 Å². The van der Waals surface area contributed by atoms with E-state index in [1.165, 1.54) is 0 Å². The summed E-state index contributed by atoms with van der Waals surface area (Å²) < 4.78 is 11.4. The summed E-state index contributed by atoms with van der Waals surface area (Å²) in [5.74, 6) is 0.985. The minimum atomic E-state index is 0.134. The molecule has 1 aliphatic heterocycles. The van der Waals surface area contributed by atoms with Crippen LogP contribution in [-0.4, -0.2) is 47.3 Å². The van der Waals surface area contributed by atoms with Gasteiger partial charge in [0.1, 0.15) is 5.75 Å². The van der Waals surface area contributed by atoms with Crippen LogP contribution in [0.3, 0.4) is 0 Å². The Bertz CT molecular complexity index is 705. The van der Waals surface area contributed by atoms with Gasteiger partial charge in [-0.2, -0.15) is 5.10 Å². The standard InChI is InChI=1S/C19H25N3O3/c1-14-11-16(21-20-14)12-19(23)22-9-7-17(8-10-22)25-13-15-5-3-4-6-18(15)24-2/h3-6,11,17H,7-10,12-13H2,1-2H3,(H,20,21). The fourth-order valence-corrected chi connectivity index (χ4v) is 3.13. The first-order valence-corrected chi connectivity index (χ1v) is 8.68. The molecule has 0 atom stereocenters. The number of carbonyl (C=O) groups is 1. The molecule has 1 aromatic heterocycles. The van der Waals surface area contributed by atoms with E-state index in [4.69, 9.17) is 9.47 Å². The Morgan fingerprint density at radius 2 is 2.08 bits per heavy atom. The van der Waals surface area contributed by atoms with Crippen molar-refractivity contribution in [1.82, 2.24) is 15.1 Å². The number of hydrogen-bond acceptors (Lipinski definition) is 4. The second kappa shape index (κ2) is 8.16. The predicted octanol–water partition coefficient (Wildman–Crippen LogP) is 2.48. The number of methoxy groups -OCH3 is 1. The molecule has 0 unspecified atom stereocenters. The number of aryl methyl sites for hydroxylation is 1. The molecule has 134 valence electrons. The molecule has 2 heterocycles. The molecule has 1 N–H and O–H groups in total. The number of benzene rings is 1. The lowest BCUT2D eigenvalue weighted by molar-refractivity contribution is -0.133. The maximum atomic E-state index is 12.4. The van der Waals surface area contributed by atoms with Crippen molar-refractivity contribution >= 4 is 5.91 Å². The summed E-state index contributed by atoms with van der Waals surface area (Å²) in [6.07, 6.45) is 2.26. The lowest BCUT2D eigenvalue weighted by atomic mass is 10.1. The second-order valence-corrected chi connectivity index (χ2v) is 6.42. The van der Waals surface area contributed by atoms with Crippen molar-refractivity contribution in [1.29, 1.82) is 0 Å². The van der Waals surface area contributed by atoms with Crippen LogP contribution in [0.2, 0.25) is 0 Å². The largest absolute Gasteiger partial charge is 0.496 e. The third-order valence-corrected chi connectivity index (χ3v) is 4.55. The molecule has 0 radical (unpaired) electrons. The first kappa shape index (κ1) is 17.5. The van der Waals surface area contributed by atoms with E-state index >= 15 is 0 Å². The summed E-state index contributed by atoms with van der Waals surface area (Å²) in [6, 6.07) is 9.81. The van der Waals surface area contributed by atoms with Crippen LogP contribution in [0.5, 0.6) is 5.75 Å². The quantitative estimate of drug-likeness (QED) is 0.875. The predicted molar refractivity (Wildman–Crippen MR) is 94.4 cm³/mol. The number of aromatic amines is 1. The number of nitrogens with one attached hydrogen (secondary N) is 1. The molecule has 3 rings (SSSR count). The summed E-state index contributed by atoms with van der Waals surface area (Å²) in [7, 11) is 1.67. The van der Waals surface area contributed by atoms with Gasteiger partial charge in [0.15, 0.2) is 0 Å². The van der Waals surface area contributed by atoms with Crippen LogP contribution in [0.1, 0.15) is 29.8 Å². The van der Waals surface area contributed by atoms with E-state index in [9.17, 15) is 4.79 Å². The van der Waals surface area contributed by atoms with Crippen molar-refractivity contribution in [2.45, 2.75) is 38.9 Å². The number of carbonyl (C=O) groups excluding carboxylic acids is 1. The van der Waals surface area contributed by atoms with Gasteiger partial charge in [0.2, 0.25) is 5.91 Å². The summed E-state index contributed by atoms with van der Waals surface area (Å²) in [6.45, 7) is 3.94. The average molecular weight is 343 g/mol. The number of rotatable bonds is 6. The van der Waals surface area contributed by atoms with E-state index in [0.29, 0.717) is 13.0 Å². The van der Waals surface area contributed by atoms with Crippen LogP contribution in [0, 0.1) is 6.92 Å². The molecule has 0 aliphatic carbocycles.